The first kappa shape index (κ1) is 15.7. The number of nitrogens with one attached hydrogen (secondary N) is 1. The van der Waals surface area contributed by atoms with Crippen molar-refractivity contribution in [2.75, 3.05) is 6.54 Å². The van der Waals surface area contributed by atoms with Crippen molar-refractivity contribution in [2.45, 2.75) is 53.0 Å². The molecule has 1 atom stereocenters. The second kappa shape index (κ2) is 7.30. The Morgan fingerprint density at radius 2 is 2.00 bits per heavy atom. The highest BCUT2D eigenvalue weighted by Crippen LogP contribution is 2.24. The van der Waals surface area contributed by atoms with Crippen LogP contribution in [0.4, 0.5) is 0 Å². The molecular weight excluding hydrogens is 286 g/mol. The first-order valence-corrected chi connectivity index (χ1v) is 7.70. The maximum absolute atomic E-state index is 3.68. The molecule has 102 valence electrons. The van der Waals surface area contributed by atoms with Crippen molar-refractivity contribution < 1.29 is 0 Å². The normalized spacial score (nSPS) is 13.6. The van der Waals surface area contributed by atoms with Gasteiger partial charge in [0.15, 0.2) is 0 Å². The standard InChI is InChI=1S/C16H26BrN/c1-5-11-18-15(16(2,3)4)10-9-13-7-6-8-14(17)12-13/h6-8,12,15,18H,5,9-11H2,1-4H3. The first-order valence-electron chi connectivity index (χ1n) is 6.91. The molecule has 0 bridgehead atoms. The Kier molecular flexibility index (Phi) is 6.37. The minimum atomic E-state index is 0.321. The van der Waals surface area contributed by atoms with Gasteiger partial charge in [-0.1, -0.05) is 55.8 Å². The van der Waals surface area contributed by atoms with Crippen LogP contribution in [0, 0.1) is 5.41 Å². The monoisotopic (exact) mass is 311 g/mol. The van der Waals surface area contributed by atoms with E-state index >= 15 is 0 Å². The van der Waals surface area contributed by atoms with E-state index < -0.39 is 0 Å². The highest BCUT2D eigenvalue weighted by atomic mass is 79.9. The number of halogens is 1. The second-order valence-electron chi connectivity index (χ2n) is 6.04. The molecule has 1 aromatic rings. The SMILES string of the molecule is CCCNC(CCc1cccc(Br)c1)C(C)(C)C. The Labute approximate surface area is 120 Å². The fourth-order valence-electron chi connectivity index (χ4n) is 2.16. The van der Waals surface area contributed by atoms with Crippen LogP contribution >= 0.6 is 15.9 Å². The summed E-state index contributed by atoms with van der Waals surface area (Å²) < 4.78 is 1.17. The zero-order chi connectivity index (χ0) is 13.6. The maximum Gasteiger partial charge on any atom is 0.0177 e. The van der Waals surface area contributed by atoms with E-state index in [1.54, 1.807) is 0 Å². The average Bonchev–Trinajstić information content (AvgIpc) is 2.27. The molecule has 0 amide bonds. The summed E-state index contributed by atoms with van der Waals surface area (Å²) >= 11 is 3.53. The summed E-state index contributed by atoms with van der Waals surface area (Å²) in [6.07, 6.45) is 3.53. The smallest absolute Gasteiger partial charge is 0.0177 e. The van der Waals surface area contributed by atoms with Gasteiger partial charge in [-0.3, -0.25) is 0 Å². The Hall–Kier alpha value is -0.340. The summed E-state index contributed by atoms with van der Waals surface area (Å²) in [5, 5.41) is 3.68. The average molecular weight is 312 g/mol. The predicted molar refractivity (Wildman–Crippen MR) is 84.0 cm³/mol. The van der Waals surface area contributed by atoms with Crippen molar-refractivity contribution in [3.63, 3.8) is 0 Å². The summed E-state index contributed by atoms with van der Waals surface area (Å²) in [6, 6.07) is 9.21. The maximum atomic E-state index is 3.68. The zero-order valence-corrected chi connectivity index (χ0v) is 13.7. The molecular formula is C16H26BrN. The van der Waals surface area contributed by atoms with Crippen LogP contribution in [0.1, 0.15) is 46.1 Å². The van der Waals surface area contributed by atoms with E-state index in [-0.39, 0.29) is 0 Å². The number of rotatable bonds is 6. The summed E-state index contributed by atoms with van der Waals surface area (Å²) in [7, 11) is 0. The van der Waals surface area contributed by atoms with Gasteiger partial charge in [0.2, 0.25) is 0 Å². The molecule has 0 aliphatic carbocycles. The Morgan fingerprint density at radius 1 is 1.28 bits per heavy atom. The van der Waals surface area contributed by atoms with Gasteiger partial charge in [0.05, 0.1) is 0 Å². The van der Waals surface area contributed by atoms with E-state index in [1.807, 2.05) is 0 Å². The summed E-state index contributed by atoms with van der Waals surface area (Å²) in [5.41, 5.74) is 1.73. The predicted octanol–water partition coefficient (Wildman–Crippen LogP) is 4.80. The van der Waals surface area contributed by atoms with Gasteiger partial charge >= 0.3 is 0 Å². The number of aryl methyl sites for hydroxylation is 1. The first-order chi connectivity index (χ1) is 8.43. The van der Waals surface area contributed by atoms with Gasteiger partial charge in [-0.25, -0.2) is 0 Å². The molecule has 18 heavy (non-hydrogen) atoms. The van der Waals surface area contributed by atoms with Crippen LogP contribution in [0.5, 0.6) is 0 Å². The highest BCUT2D eigenvalue weighted by molar-refractivity contribution is 9.10. The van der Waals surface area contributed by atoms with Gasteiger partial charge in [-0.2, -0.15) is 0 Å². The lowest BCUT2D eigenvalue weighted by molar-refractivity contribution is 0.255. The fourth-order valence-corrected chi connectivity index (χ4v) is 2.61. The van der Waals surface area contributed by atoms with Crippen LogP contribution in [0.15, 0.2) is 28.7 Å². The molecule has 1 unspecified atom stereocenters. The molecule has 1 rings (SSSR count). The number of hydrogen-bond acceptors (Lipinski definition) is 1. The molecule has 0 aliphatic heterocycles. The molecule has 2 heteroatoms. The summed E-state index contributed by atoms with van der Waals surface area (Å²) in [6.45, 7) is 10.3. The topological polar surface area (TPSA) is 12.0 Å². The van der Waals surface area contributed by atoms with Crippen LogP contribution < -0.4 is 5.32 Å². The van der Waals surface area contributed by atoms with Crippen molar-refractivity contribution in [1.82, 2.24) is 5.32 Å². The zero-order valence-electron chi connectivity index (χ0n) is 12.1. The van der Waals surface area contributed by atoms with Crippen LogP contribution in [0.25, 0.3) is 0 Å². The van der Waals surface area contributed by atoms with Crippen molar-refractivity contribution in [2.24, 2.45) is 5.41 Å². The third kappa shape index (κ3) is 5.53. The number of hydrogen-bond donors (Lipinski definition) is 1. The van der Waals surface area contributed by atoms with Gasteiger partial charge in [0.1, 0.15) is 0 Å². The molecule has 0 radical (unpaired) electrons. The minimum absolute atomic E-state index is 0.321. The van der Waals surface area contributed by atoms with Crippen LogP contribution in [-0.2, 0) is 6.42 Å². The molecule has 0 aromatic heterocycles. The lowest BCUT2D eigenvalue weighted by Gasteiger charge is -2.32. The van der Waals surface area contributed by atoms with Gasteiger partial charge in [0.25, 0.3) is 0 Å². The Balaban J connectivity index is 2.56. The van der Waals surface area contributed by atoms with E-state index in [0.717, 1.165) is 13.0 Å². The van der Waals surface area contributed by atoms with Crippen molar-refractivity contribution in [3.05, 3.63) is 34.3 Å². The van der Waals surface area contributed by atoms with E-state index in [1.165, 1.54) is 22.9 Å². The molecule has 0 saturated heterocycles. The largest absolute Gasteiger partial charge is 0.313 e. The molecule has 0 saturated carbocycles. The molecule has 1 N–H and O–H groups in total. The van der Waals surface area contributed by atoms with Crippen molar-refractivity contribution in [1.29, 1.82) is 0 Å². The van der Waals surface area contributed by atoms with Gasteiger partial charge in [0, 0.05) is 10.5 Å². The Morgan fingerprint density at radius 3 is 2.56 bits per heavy atom. The second-order valence-corrected chi connectivity index (χ2v) is 6.96. The van der Waals surface area contributed by atoms with Gasteiger partial charge in [-0.15, -0.1) is 0 Å². The Bertz CT molecular complexity index is 354. The van der Waals surface area contributed by atoms with Crippen molar-refractivity contribution >= 4 is 15.9 Å². The van der Waals surface area contributed by atoms with Gasteiger partial charge in [-0.05, 0) is 48.9 Å². The van der Waals surface area contributed by atoms with Crippen LogP contribution in [0.2, 0.25) is 0 Å². The lowest BCUT2D eigenvalue weighted by Crippen LogP contribution is -2.41. The quantitative estimate of drug-likeness (QED) is 0.796. The third-order valence-electron chi connectivity index (χ3n) is 3.30. The summed E-state index contributed by atoms with van der Waals surface area (Å²) in [4.78, 5) is 0. The van der Waals surface area contributed by atoms with Crippen LogP contribution in [0.3, 0.4) is 0 Å². The van der Waals surface area contributed by atoms with Crippen LogP contribution in [-0.4, -0.2) is 12.6 Å². The molecule has 0 fully saturated rings. The van der Waals surface area contributed by atoms with E-state index in [4.69, 9.17) is 0 Å². The molecule has 1 aromatic carbocycles. The van der Waals surface area contributed by atoms with E-state index in [0.29, 0.717) is 11.5 Å². The molecule has 1 nitrogen and oxygen atoms in total. The molecule has 0 heterocycles. The van der Waals surface area contributed by atoms with E-state index in [2.05, 4.69) is 73.2 Å². The highest BCUT2D eigenvalue weighted by Gasteiger charge is 2.23. The third-order valence-corrected chi connectivity index (χ3v) is 3.79. The molecule has 0 spiro atoms. The van der Waals surface area contributed by atoms with Gasteiger partial charge < -0.3 is 5.32 Å². The number of benzene rings is 1. The van der Waals surface area contributed by atoms with E-state index in [9.17, 15) is 0 Å². The van der Waals surface area contributed by atoms with Crippen molar-refractivity contribution in [3.8, 4) is 0 Å². The summed E-state index contributed by atoms with van der Waals surface area (Å²) in [5.74, 6) is 0. The minimum Gasteiger partial charge on any atom is -0.313 e. The fraction of sp³-hybridized carbons (Fsp3) is 0.625. The lowest BCUT2D eigenvalue weighted by atomic mass is 9.83. The molecule has 0 aliphatic rings.